The molecule has 9 heteroatoms. The summed E-state index contributed by atoms with van der Waals surface area (Å²) >= 11 is 3.39. The first kappa shape index (κ1) is 19.6. The number of aliphatic hydroxyl groups is 1. The number of anilines is 3. The summed E-state index contributed by atoms with van der Waals surface area (Å²) in [5, 5.41) is 15.9. The van der Waals surface area contributed by atoms with E-state index >= 15 is 0 Å². The Labute approximate surface area is 156 Å². The van der Waals surface area contributed by atoms with Crippen LogP contribution in [-0.4, -0.2) is 44.7 Å². The average Bonchev–Trinajstić information content (AvgIpc) is 2.58. The average molecular weight is 428 g/mol. The molecule has 0 radical (unpaired) electrons. The molecule has 0 saturated carbocycles. The molecule has 0 fully saturated rings. The Morgan fingerprint density at radius 1 is 1.28 bits per heavy atom. The van der Waals surface area contributed by atoms with E-state index in [9.17, 15) is 9.32 Å². The largest absolute Gasteiger partial charge is 0.391 e. The number of halogens is 1. The van der Waals surface area contributed by atoms with Crippen LogP contribution in [0.4, 0.5) is 17.5 Å². The maximum Gasteiger partial charge on any atom is 0.229 e. The van der Waals surface area contributed by atoms with Crippen LogP contribution in [0.2, 0.25) is 0 Å². The molecule has 1 heterocycles. The molecule has 136 valence electrons. The van der Waals surface area contributed by atoms with Gasteiger partial charge in [0, 0.05) is 30.1 Å². The summed E-state index contributed by atoms with van der Waals surface area (Å²) in [6.45, 7) is 3.58. The molecule has 0 aliphatic carbocycles. The molecule has 0 amide bonds. The minimum absolute atomic E-state index is 0.158. The summed E-state index contributed by atoms with van der Waals surface area (Å²) in [4.78, 5) is 9.31. The molecule has 1 aromatic heterocycles. The SMILES string of the molecule is CN=S(C)(=O)c1ccc(Nc2ncc(Br)c(N[C@H](C)[C@@H](C)O)n2)cc1. The zero-order valence-electron chi connectivity index (χ0n) is 14.5. The van der Waals surface area contributed by atoms with Gasteiger partial charge in [0.1, 0.15) is 5.82 Å². The Hall–Kier alpha value is -1.71. The van der Waals surface area contributed by atoms with Gasteiger partial charge < -0.3 is 15.7 Å². The summed E-state index contributed by atoms with van der Waals surface area (Å²) < 4.78 is 16.8. The van der Waals surface area contributed by atoms with Crippen molar-refractivity contribution in [2.24, 2.45) is 4.36 Å². The van der Waals surface area contributed by atoms with Gasteiger partial charge in [0.2, 0.25) is 5.95 Å². The van der Waals surface area contributed by atoms with Gasteiger partial charge >= 0.3 is 0 Å². The minimum Gasteiger partial charge on any atom is -0.391 e. The van der Waals surface area contributed by atoms with Gasteiger partial charge in [0.05, 0.1) is 26.3 Å². The number of aliphatic hydroxyl groups excluding tert-OH is 1. The summed E-state index contributed by atoms with van der Waals surface area (Å²) in [5.74, 6) is 0.998. The first-order valence-electron chi connectivity index (χ1n) is 7.67. The Morgan fingerprint density at radius 2 is 1.92 bits per heavy atom. The van der Waals surface area contributed by atoms with Crippen LogP contribution in [0.3, 0.4) is 0 Å². The van der Waals surface area contributed by atoms with Gasteiger partial charge in [-0.25, -0.2) is 13.6 Å². The maximum atomic E-state index is 12.2. The summed E-state index contributed by atoms with van der Waals surface area (Å²) in [6.07, 6.45) is 2.73. The van der Waals surface area contributed by atoms with Crippen molar-refractivity contribution in [1.82, 2.24) is 9.97 Å². The van der Waals surface area contributed by atoms with Crippen LogP contribution in [-0.2, 0) is 9.73 Å². The van der Waals surface area contributed by atoms with Crippen LogP contribution in [0.5, 0.6) is 0 Å². The lowest BCUT2D eigenvalue weighted by Crippen LogP contribution is -2.28. The van der Waals surface area contributed by atoms with Crippen LogP contribution >= 0.6 is 15.9 Å². The van der Waals surface area contributed by atoms with E-state index in [-0.39, 0.29) is 6.04 Å². The molecule has 25 heavy (non-hydrogen) atoms. The number of hydrogen-bond acceptors (Lipinski definition) is 7. The van der Waals surface area contributed by atoms with Crippen LogP contribution < -0.4 is 10.6 Å². The monoisotopic (exact) mass is 427 g/mol. The van der Waals surface area contributed by atoms with Crippen molar-refractivity contribution in [2.45, 2.75) is 30.9 Å². The van der Waals surface area contributed by atoms with E-state index in [1.807, 2.05) is 6.92 Å². The Balaban J connectivity index is 2.19. The Morgan fingerprint density at radius 3 is 2.48 bits per heavy atom. The topological polar surface area (TPSA) is 99.5 Å². The molecule has 2 rings (SSSR count). The smallest absolute Gasteiger partial charge is 0.229 e. The number of nitrogens with zero attached hydrogens (tertiary/aromatic N) is 3. The van der Waals surface area contributed by atoms with E-state index in [2.05, 4.69) is 40.9 Å². The van der Waals surface area contributed by atoms with E-state index < -0.39 is 15.8 Å². The molecule has 7 nitrogen and oxygen atoms in total. The Bertz CT molecular complexity index is 848. The predicted octanol–water partition coefficient (Wildman–Crippen LogP) is 3.25. The lowest BCUT2D eigenvalue weighted by molar-refractivity contribution is 0.177. The van der Waals surface area contributed by atoms with Gasteiger partial charge in [-0.1, -0.05) is 0 Å². The number of benzene rings is 1. The molecular formula is C16H22BrN5O2S. The molecule has 0 bridgehead atoms. The molecule has 1 unspecified atom stereocenters. The van der Waals surface area contributed by atoms with E-state index in [0.717, 1.165) is 5.69 Å². The van der Waals surface area contributed by atoms with Crippen molar-refractivity contribution in [3.05, 3.63) is 34.9 Å². The van der Waals surface area contributed by atoms with E-state index in [1.54, 1.807) is 50.7 Å². The maximum absolute atomic E-state index is 12.2. The molecule has 0 aliphatic heterocycles. The third-order valence-electron chi connectivity index (χ3n) is 3.73. The molecule has 3 N–H and O–H groups in total. The van der Waals surface area contributed by atoms with Crippen molar-refractivity contribution in [3.63, 3.8) is 0 Å². The van der Waals surface area contributed by atoms with Crippen LogP contribution in [0, 0.1) is 0 Å². The van der Waals surface area contributed by atoms with Gasteiger partial charge in [0.25, 0.3) is 0 Å². The fourth-order valence-electron chi connectivity index (χ4n) is 1.89. The molecule has 2 aromatic rings. The fourth-order valence-corrected chi connectivity index (χ4v) is 3.05. The molecule has 0 saturated heterocycles. The van der Waals surface area contributed by atoms with Crippen LogP contribution in [0.25, 0.3) is 0 Å². The second kappa shape index (κ2) is 8.11. The number of nitrogens with one attached hydrogen (secondary N) is 2. The van der Waals surface area contributed by atoms with Gasteiger partial charge in [0.15, 0.2) is 0 Å². The second-order valence-corrected chi connectivity index (χ2v) is 8.99. The standard InChI is InChI=1S/C16H22BrN5O2S/c1-10(11(2)23)20-15-14(17)9-19-16(22-15)21-12-5-7-13(8-6-12)25(4,24)18-3/h5-11,23H,1-4H3,(H2,19,20,21,22)/t10-,11-,25?/m1/s1. The van der Waals surface area contributed by atoms with Crippen molar-refractivity contribution >= 4 is 43.1 Å². The van der Waals surface area contributed by atoms with Crippen LogP contribution in [0.15, 0.2) is 44.2 Å². The zero-order valence-corrected chi connectivity index (χ0v) is 16.9. The second-order valence-electron chi connectivity index (χ2n) is 5.70. The summed E-state index contributed by atoms with van der Waals surface area (Å²) in [7, 11) is -0.797. The van der Waals surface area contributed by atoms with Gasteiger partial charge in [-0.2, -0.15) is 4.98 Å². The van der Waals surface area contributed by atoms with Crippen molar-refractivity contribution in [3.8, 4) is 0 Å². The zero-order chi connectivity index (χ0) is 18.6. The van der Waals surface area contributed by atoms with E-state index in [4.69, 9.17) is 0 Å². The van der Waals surface area contributed by atoms with Crippen molar-refractivity contribution in [1.29, 1.82) is 0 Å². The molecule has 0 aliphatic rings. The number of aromatic nitrogens is 2. The van der Waals surface area contributed by atoms with Crippen LogP contribution in [0.1, 0.15) is 13.8 Å². The molecule has 0 spiro atoms. The van der Waals surface area contributed by atoms with Gasteiger partial charge in [-0.15, -0.1) is 0 Å². The molecule has 3 atom stereocenters. The fraction of sp³-hybridized carbons (Fsp3) is 0.375. The normalized spacial score (nSPS) is 15.8. The third kappa shape index (κ3) is 5.13. The van der Waals surface area contributed by atoms with Gasteiger partial charge in [-0.3, -0.25) is 0 Å². The molecular weight excluding hydrogens is 406 g/mol. The van der Waals surface area contributed by atoms with Crippen molar-refractivity contribution in [2.75, 3.05) is 23.9 Å². The summed E-state index contributed by atoms with van der Waals surface area (Å²) in [6, 6.07) is 6.99. The van der Waals surface area contributed by atoms with Gasteiger partial charge in [-0.05, 0) is 54.0 Å². The first-order valence-corrected chi connectivity index (χ1v) is 10.4. The summed E-state index contributed by atoms with van der Waals surface area (Å²) in [5.41, 5.74) is 0.770. The quantitative estimate of drug-likeness (QED) is 0.653. The van der Waals surface area contributed by atoms with E-state index in [1.165, 1.54) is 0 Å². The van der Waals surface area contributed by atoms with Crippen molar-refractivity contribution < 1.29 is 9.32 Å². The highest BCUT2D eigenvalue weighted by molar-refractivity contribution is 9.10. The van der Waals surface area contributed by atoms with E-state index in [0.29, 0.717) is 21.1 Å². The first-order chi connectivity index (χ1) is 11.7. The lowest BCUT2D eigenvalue weighted by Gasteiger charge is -2.18. The Kier molecular flexibility index (Phi) is 6.36. The minimum atomic E-state index is -2.35. The highest BCUT2D eigenvalue weighted by Crippen LogP contribution is 2.23. The molecule has 1 aromatic carbocycles. The highest BCUT2D eigenvalue weighted by atomic mass is 79.9. The predicted molar refractivity (Wildman–Crippen MR) is 105 cm³/mol. The number of rotatable bonds is 6. The highest BCUT2D eigenvalue weighted by Gasteiger charge is 2.12. The third-order valence-corrected chi connectivity index (χ3v) is 6.15. The number of hydrogen-bond donors (Lipinski definition) is 3. The lowest BCUT2D eigenvalue weighted by atomic mass is 10.2.